The van der Waals surface area contributed by atoms with E-state index in [4.69, 9.17) is 5.73 Å². The van der Waals surface area contributed by atoms with Gasteiger partial charge in [-0.3, -0.25) is 4.98 Å². The van der Waals surface area contributed by atoms with Crippen LogP contribution < -0.4 is 5.73 Å². The second-order valence-corrected chi connectivity index (χ2v) is 4.85. The lowest BCUT2D eigenvalue weighted by molar-refractivity contribution is -0.0141. The monoisotopic (exact) mass is 220 g/mol. The predicted octanol–water partition coefficient (Wildman–Crippen LogP) is 2.45. The van der Waals surface area contributed by atoms with Crippen molar-refractivity contribution in [3.05, 3.63) is 24.0 Å². The molecule has 1 aliphatic rings. The van der Waals surface area contributed by atoms with Crippen LogP contribution in [0.5, 0.6) is 0 Å². The Morgan fingerprint density at radius 3 is 2.75 bits per heavy atom. The summed E-state index contributed by atoms with van der Waals surface area (Å²) >= 11 is 0. The van der Waals surface area contributed by atoms with Crippen molar-refractivity contribution in [1.29, 1.82) is 0 Å². The van der Waals surface area contributed by atoms with E-state index in [0.717, 1.165) is 37.2 Å². The van der Waals surface area contributed by atoms with Crippen LogP contribution in [-0.4, -0.2) is 10.1 Å². The lowest BCUT2D eigenvalue weighted by Crippen LogP contribution is -2.32. The Hall–Kier alpha value is -1.09. The standard InChI is InChI=1S/C13H20N2O/c1-2-10-3-6-13(16,7-4-10)11-9-15-8-5-12(11)14/h5,8-10,16H,2-4,6-7H2,1H3,(H2,14,15). The molecule has 0 bridgehead atoms. The van der Waals surface area contributed by atoms with Crippen LogP contribution in [0.4, 0.5) is 5.69 Å². The van der Waals surface area contributed by atoms with Gasteiger partial charge < -0.3 is 10.8 Å². The Balaban J connectivity index is 2.18. The Kier molecular flexibility index (Phi) is 3.15. The molecule has 1 aromatic rings. The van der Waals surface area contributed by atoms with Crippen molar-refractivity contribution in [3.8, 4) is 0 Å². The maximum atomic E-state index is 10.6. The van der Waals surface area contributed by atoms with Gasteiger partial charge in [0.25, 0.3) is 0 Å². The molecule has 1 fully saturated rings. The van der Waals surface area contributed by atoms with Gasteiger partial charge in [0, 0.05) is 23.6 Å². The van der Waals surface area contributed by atoms with Gasteiger partial charge >= 0.3 is 0 Å². The number of aromatic nitrogens is 1. The molecule has 2 rings (SSSR count). The Morgan fingerprint density at radius 2 is 2.19 bits per heavy atom. The highest BCUT2D eigenvalue weighted by molar-refractivity contribution is 5.47. The molecule has 3 N–H and O–H groups in total. The molecule has 0 saturated heterocycles. The third-order valence-electron chi connectivity index (χ3n) is 3.87. The van der Waals surface area contributed by atoms with Crippen LogP contribution in [0.3, 0.4) is 0 Å². The third-order valence-corrected chi connectivity index (χ3v) is 3.87. The first-order chi connectivity index (χ1) is 7.65. The van der Waals surface area contributed by atoms with Crippen LogP contribution in [0.25, 0.3) is 0 Å². The van der Waals surface area contributed by atoms with Crippen molar-refractivity contribution in [1.82, 2.24) is 4.98 Å². The Bertz CT molecular complexity index is 357. The van der Waals surface area contributed by atoms with Crippen molar-refractivity contribution in [2.24, 2.45) is 5.92 Å². The maximum Gasteiger partial charge on any atom is 0.0931 e. The largest absolute Gasteiger partial charge is 0.398 e. The number of nitrogens with zero attached hydrogens (tertiary/aromatic N) is 1. The van der Waals surface area contributed by atoms with Crippen molar-refractivity contribution < 1.29 is 5.11 Å². The fourth-order valence-corrected chi connectivity index (χ4v) is 2.63. The zero-order valence-corrected chi connectivity index (χ0v) is 9.82. The average molecular weight is 220 g/mol. The number of anilines is 1. The molecular weight excluding hydrogens is 200 g/mol. The van der Waals surface area contributed by atoms with Gasteiger partial charge in [-0.2, -0.15) is 0 Å². The molecular formula is C13H20N2O. The first kappa shape index (κ1) is 11.4. The molecule has 1 aromatic heterocycles. The highest BCUT2D eigenvalue weighted by atomic mass is 16.3. The van der Waals surface area contributed by atoms with Crippen LogP contribution in [0, 0.1) is 5.92 Å². The summed E-state index contributed by atoms with van der Waals surface area (Å²) < 4.78 is 0. The third kappa shape index (κ3) is 2.05. The summed E-state index contributed by atoms with van der Waals surface area (Å²) in [5.74, 6) is 0.762. The van der Waals surface area contributed by atoms with Gasteiger partial charge in [-0.15, -0.1) is 0 Å². The fourth-order valence-electron chi connectivity index (χ4n) is 2.63. The summed E-state index contributed by atoms with van der Waals surface area (Å²) in [5.41, 5.74) is 6.63. The second-order valence-electron chi connectivity index (χ2n) is 4.85. The quantitative estimate of drug-likeness (QED) is 0.804. The minimum absolute atomic E-state index is 0.660. The zero-order chi connectivity index (χ0) is 11.6. The molecule has 1 saturated carbocycles. The molecule has 3 heteroatoms. The number of nitrogen functional groups attached to an aromatic ring is 1. The SMILES string of the molecule is CCC1CCC(O)(c2cnccc2N)CC1. The Labute approximate surface area is 96.7 Å². The topological polar surface area (TPSA) is 59.1 Å². The summed E-state index contributed by atoms with van der Waals surface area (Å²) in [6, 6.07) is 1.76. The smallest absolute Gasteiger partial charge is 0.0931 e. The summed E-state index contributed by atoms with van der Waals surface area (Å²) in [5, 5.41) is 10.6. The molecule has 0 amide bonds. The van der Waals surface area contributed by atoms with E-state index in [2.05, 4.69) is 11.9 Å². The zero-order valence-electron chi connectivity index (χ0n) is 9.82. The number of pyridine rings is 1. The summed E-state index contributed by atoms with van der Waals surface area (Å²) in [4.78, 5) is 4.07. The van der Waals surface area contributed by atoms with Crippen LogP contribution >= 0.6 is 0 Å². The first-order valence-corrected chi connectivity index (χ1v) is 6.08. The average Bonchev–Trinajstić information content (AvgIpc) is 2.30. The van der Waals surface area contributed by atoms with Gasteiger partial charge in [0.15, 0.2) is 0 Å². The molecule has 88 valence electrons. The van der Waals surface area contributed by atoms with E-state index < -0.39 is 5.60 Å². The van der Waals surface area contributed by atoms with Crippen molar-refractivity contribution in [2.75, 3.05) is 5.73 Å². The van der Waals surface area contributed by atoms with Gasteiger partial charge in [0.05, 0.1) is 5.60 Å². The van der Waals surface area contributed by atoms with E-state index in [9.17, 15) is 5.11 Å². The fraction of sp³-hybridized carbons (Fsp3) is 0.615. The van der Waals surface area contributed by atoms with Crippen LogP contribution in [-0.2, 0) is 5.60 Å². The first-order valence-electron chi connectivity index (χ1n) is 6.08. The summed E-state index contributed by atoms with van der Waals surface area (Å²) in [7, 11) is 0. The summed E-state index contributed by atoms with van der Waals surface area (Å²) in [6.45, 7) is 2.22. The van der Waals surface area contributed by atoms with E-state index in [-0.39, 0.29) is 0 Å². The van der Waals surface area contributed by atoms with Gasteiger partial charge in [-0.25, -0.2) is 0 Å². The molecule has 1 aliphatic carbocycles. The minimum Gasteiger partial charge on any atom is -0.398 e. The van der Waals surface area contributed by atoms with E-state index in [0.29, 0.717) is 5.69 Å². The highest BCUT2D eigenvalue weighted by Gasteiger charge is 2.35. The lowest BCUT2D eigenvalue weighted by atomic mass is 9.74. The van der Waals surface area contributed by atoms with Crippen molar-refractivity contribution >= 4 is 5.69 Å². The predicted molar refractivity (Wildman–Crippen MR) is 64.8 cm³/mol. The highest BCUT2D eigenvalue weighted by Crippen LogP contribution is 2.41. The van der Waals surface area contributed by atoms with Crippen molar-refractivity contribution in [3.63, 3.8) is 0 Å². The molecule has 16 heavy (non-hydrogen) atoms. The molecule has 1 heterocycles. The number of hydrogen-bond donors (Lipinski definition) is 2. The number of nitrogens with two attached hydrogens (primary N) is 1. The molecule has 0 aromatic carbocycles. The summed E-state index contributed by atoms with van der Waals surface area (Å²) in [6.07, 6.45) is 8.37. The molecule has 0 aliphatic heterocycles. The van der Waals surface area contributed by atoms with Crippen LogP contribution in [0.1, 0.15) is 44.6 Å². The molecule has 0 unspecified atom stereocenters. The second kappa shape index (κ2) is 4.42. The van der Waals surface area contributed by atoms with Gasteiger partial charge in [0.2, 0.25) is 0 Å². The molecule has 0 radical (unpaired) electrons. The number of aliphatic hydroxyl groups is 1. The van der Waals surface area contributed by atoms with Gasteiger partial charge in [0.1, 0.15) is 0 Å². The lowest BCUT2D eigenvalue weighted by Gasteiger charge is -2.36. The normalized spacial score (nSPS) is 30.2. The molecule has 0 atom stereocenters. The van der Waals surface area contributed by atoms with E-state index in [1.54, 1.807) is 18.5 Å². The molecule has 0 spiro atoms. The van der Waals surface area contributed by atoms with Gasteiger partial charge in [-0.1, -0.05) is 13.3 Å². The van der Waals surface area contributed by atoms with Gasteiger partial charge in [-0.05, 0) is 37.7 Å². The number of rotatable bonds is 2. The number of hydrogen-bond acceptors (Lipinski definition) is 3. The molecule has 3 nitrogen and oxygen atoms in total. The Morgan fingerprint density at radius 1 is 1.50 bits per heavy atom. The van der Waals surface area contributed by atoms with Crippen LogP contribution in [0.15, 0.2) is 18.5 Å². The van der Waals surface area contributed by atoms with E-state index >= 15 is 0 Å². The van der Waals surface area contributed by atoms with Crippen molar-refractivity contribution in [2.45, 2.75) is 44.6 Å². The minimum atomic E-state index is -0.746. The van der Waals surface area contributed by atoms with Crippen LogP contribution in [0.2, 0.25) is 0 Å². The van der Waals surface area contributed by atoms with E-state index in [1.165, 1.54) is 6.42 Å². The van der Waals surface area contributed by atoms with E-state index in [1.807, 2.05) is 0 Å². The maximum absolute atomic E-state index is 10.6.